The average Bonchev–Trinajstić information content (AvgIpc) is 3.43. The van der Waals surface area contributed by atoms with Crippen LogP contribution in [0.4, 0.5) is 4.79 Å². The van der Waals surface area contributed by atoms with Crippen molar-refractivity contribution in [1.29, 1.82) is 0 Å². The maximum atomic E-state index is 14.5. The first-order valence-corrected chi connectivity index (χ1v) is 24.1. The van der Waals surface area contributed by atoms with Gasteiger partial charge in [-0.3, -0.25) is 29.2 Å². The predicted octanol–water partition coefficient (Wildman–Crippen LogP) is 6.75. The maximum Gasteiger partial charge on any atom is 0.320 e. The summed E-state index contributed by atoms with van der Waals surface area (Å²) in [6.45, 7) is 24.2. The number of hydrazine groups is 1. The van der Waals surface area contributed by atoms with Crippen molar-refractivity contribution in [3.63, 3.8) is 0 Å². The van der Waals surface area contributed by atoms with E-state index in [0.29, 0.717) is 75.5 Å². The van der Waals surface area contributed by atoms with Crippen molar-refractivity contribution >= 4 is 52.9 Å². The predicted molar refractivity (Wildman–Crippen MR) is 271 cm³/mol. The minimum absolute atomic E-state index is 0.0109. The van der Waals surface area contributed by atoms with Gasteiger partial charge in [-0.1, -0.05) is 59.1 Å². The third-order valence-electron chi connectivity index (χ3n) is 12.8. The number of aromatic hydroxyl groups is 1. The number of aromatic nitrogens is 1. The lowest BCUT2D eigenvalue weighted by Crippen LogP contribution is -2.60. The molecule has 0 radical (unpaired) electrons. The number of rotatable bonds is 19. The van der Waals surface area contributed by atoms with Gasteiger partial charge in [0.15, 0.2) is 0 Å². The van der Waals surface area contributed by atoms with E-state index in [4.69, 9.17) is 9.47 Å². The molecule has 69 heavy (non-hydrogen) atoms. The Hall–Kier alpha value is -6.26. The van der Waals surface area contributed by atoms with Gasteiger partial charge in [-0.2, -0.15) is 0 Å². The molecular weight excluding hydrogens is 877 g/mol. The number of carbonyl (C=O) groups excluding carboxylic acids is 5. The quantitative estimate of drug-likeness (QED) is 0.0667. The summed E-state index contributed by atoms with van der Waals surface area (Å²) >= 11 is 0. The number of methoxy groups -OCH3 is 1. The van der Waals surface area contributed by atoms with Gasteiger partial charge in [0, 0.05) is 102 Å². The molecule has 3 aromatic rings. The van der Waals surface area contributed by atoms with E-state index in [1.165, 1.54) is 17.9 Å². The van der Waals surface area contributed by atoms with E-state index in [1.54, 1.807) is 53.4 Å². The highest BCUT2D eigenvalue weighted by atomic mass is 16.5. The van der Waals surface area contributed by atoms with Gasteiger partial charge in [0.1, 0.15) is 17.8 Å². The highest BCUT2D eigenvalue weighted by molar-refractivity contribution is 5.94. The van der Waals surface area contributed by atoms with E-state index in [1.807, 2.05) is 39.0 Å². The number of phenols is 1. The number of urea groups is 1. The van der Waals surface area contributed by atoms with Crippen LogP contribution in [0.25, 0.3) is 28.1 Å². The third kappa shape index (κ3) is 13.7. The number of carbonyl (C=O) groups is 5. The molecule has 2 fully saturated rings. The summed E-state index contributed by atoms with van der Waals surface area (Å²) in [5, 5.41) is 16.9. The summed E-state index contributed by atoms with van der Waals surface area (Å²) in [6.07, 6.45) is 9.12. The molecular formula is C53H74N8O8. The van der Waals surface area contributed by atoms with Crippen LogP contribution in [0.3, 0.4) is 0 Å². The fraction of sp³-hybridized carbons (Fsp3) is 0.509. The molecule has 3 heterocycles. The molecule has 1 aromatic heterocycles. The Labute approximate surface area is 408 Å². The fourth-order valence-electron chi connectivity index (χ4n) is 9.24. The summed E-state index contributed by atoms with van der Waals surface area (Å²) in [5.74, 6) is -1.68. The van der Waals surface area contributed by atoms with Gasteiger partial charge in [-0.25, -0.2) is 10.2 Å². The first-order valence-electron chi connectivity index (χ1n) is 24.1. The highest BCUT2D eigenvalue weighted by Gasteiger charge is 2.37. The van der Waals surface area contributed by atoms with Crippen LogP contribution in [0.15, 0.2) is 72.4 Å². The van der Waals surface area contributed by atoms with Crippen LogP contribution in [0.5, 0.6) is 5.75 Å². The van der Waals surface area contributed by atoms with Crippen molar-refractivity contribution in [3.8, 4) is 16.9 Å². The molecule has 374 valence electrons. The normalized spacial score (nSPS) is 16.3. The number of esters is 1. The van der Waals surface area contributed by atoms with Crippen molar-refractivity contribution in [2.45, 2.75) is 105 Å². The lowest BCUT2D eigenvalue weighted by atomic mass is 9.85. The number of aliphatic imine (C=N–C) groups is 1. The molecule has 0 saturated carbocycles. The summed E-state index contributed by atoms with van der Waals surface area (Å²) in [4.78, 5) is 76.6. The van der Waals surface area contributed by atoms with E-state index in [0.717, 1.165) is 40.6 Å². The molecule has 0 bridgehead atoms. The molecule has 3 N–H and O–H groups in total. The molecule has 2 aliphatic rings. The van der Waals surface area contributed by atoms with Crippen LogP contribution in [-0.2, 0) is 48.0 Å². The van der Waals surface area contributed by atoms with E-state index < -0.39 is 23.4 Å². The molecule has 3 unspecified atom stereocenters. The number of phenolic OH excluding ortho intramolecular Hbond substituents is 1. The SMILES string of the molecule is C=CC=N/C(=C/c1c(CC(C)(C)COC(C)=O)c2cc(-c3cc(O)cc(CC(NC(=O)C(C(C)C)N(C)C(=O)N4CCCN(C(=O)C=C)CC4)C(=O)N4CCCCN4)c3)ccc2n1CC)C(C)OC. The van der Waals surface area contributed by atoms with Crippen molar-refractivity contribution in [2.24, 2.45) is 16.3 Å². The van der Waals surface area contributed by atoms with Crippen molar-refractivity contribution < 1.29 is 38.6 Å². The second-order valence-corrected chi connectivity index (χ2v) is 19.1. The van der Waals surface area contributed by atoms with Crippen LogP contribution in [0.1, 0.15) is 84.5 Å². The topological polar surface area (TPSA) is 178 Å². The number of nitrogens with one attached hydrogen (secondary N) is 2. The Bertz CT molecular complexity index is 2410. The van der Waals surface area contributed by atoms with E-state index in [-0.39, 0.29) is 54.6 Å². The Kier molecular flexibility index (Phi) is 18.9. The van der Waals surface area contributed by atoms with E-state index in [2.05, 4.69) is 66.4 Å². The molecule has 2 aliphatic heterocycles. The van der Waals surface area contributed by atoms with Crippen LogP contribution in [0.2, 0.25) is 0 Å². The number of nitrogens with zero attached hydrogens (tertiary/aromatic N) is 6. The summed E-state index contributed by atoms with van der Waals surface area (Å²) in [5.41, 5.74) is 8.50. The largest absolute Gasteiger partial charge is 0.508 e. The average molecular weight is 951 g/mol. The number of amides is 5. The molecule has 0 spiro atoms. The second kappa shape index (κ2) is 24.3. The van der Waals surface area contributed by atoms with Crippen LogP contribution in [-0.4, -0.2) is 144 Å². The van der Waals surface area contributed by atoms with E-state index >= 15 is 0 Å². The third-order valence-corrected chi connectivity index (χ3v) is 12.8. The van der Waals surface area contributed by atoms with Crippen molar-refractivity contribution in [1.82, 2.24) is 35.0 Å². The monoisotopic (exact) mass is 951 g/mol. The number of hydrogen-bond donors (Lipinski definition) is 3. The first kappa shape index (κ1) is 53.7. The smallest absolute Gasteiger partial charge is 0.320 e. The van der Waals surface area contributed by atoms with Crippen molar-refractivity contribution in [2.75, 3.05) is 60.0 Å². The van der Waals surface area contributed by atoms with Crippen molar-refractivity contribution in [3.05, 3.63) is 84.2 Å². The van der Waals surface area contributed by atoms with Gasteiger partial charge < -0.3 is 39.2 Å². The lowest BCUT2D eigenvalue weighted by molar-refractivity contribution is -0.144. The zero-order valence-electron chi connectivity index (χ0n) is 42.2. The Morgan fingerprint density at radius 2 is 1.70 bits per heavy atom. The lowest BCUT2D eigenvalue weighted by Gasteiger charge is -2.36. The molecule has 3 atom stereocenters. The molecule has 0 aliphatic carbocycles. The molecule has 5 rings (SSSR count). The van der Waals surface area contributed by atoms with Crippen LogP contribution >= 0.6 is 0 Å². The number of hydrogen-bond acceptors (Lipinski definition) is 10. The molecule has 5 amide bonds. The molecule has 16 heteroatoms. The maximum absolute atomic E-state index is 14.5. The van der Waals surface area contributed by atoms with Gasteiger partial charge in [0.2, 0.25) is 11.8 Å². The summed E-state index contributed by atoms with van der Waals surface area (Å²) in [7, 11) is 3.24. The van der Waals surface area contributed by atoms with Crippen LogP contribution < -0.4 is 10.7 Å². The number of allylic oxidation sites excluding steroid dienone is 1. The second-order valence-electron chi connectivity index (χ2n) is 19.1. The zero-order chi connectivity index (χ0) is 50.6. The Morgan fingerprint density at radius 1 is 0.971 bits per heavy atom. The number of fused-ring (bicyclic) bond motifs is 1. The van der Waals surface area contributed by atoms with Gasteiger partial charge in [0.25, 0.3) is 5.91 Å². The highest BCUT2D eigenvalue weighted by Crippen LogP contribution is 2.38. The summed E-state index contributed by atoms with van der Waals surface area (Å²) < 4.78 is 13.5. The first-order chi connectivity index (χ1) is 32.8. The van der Waals surface area contributed by atoms with Crippen LogP contribution in [0, 0.1) is 11.3 Å². The minimum Gasteiger partial charge on any atom is -0.508 e. The number of ether oxygens (including phenoxy) is 2. The Morgan fingerprint density at radius 3 is 2.33 bits per heavy atom. The molecule has 16 nitrogen and oxygen atoms in total. The van der Waals surface area contributed by atoms with Gasteiger partial charge in [-0.15, -0.1) is 0 Å². The summed E-state index contributed by atoms with van der Waals surface area (Å²) in [6, 6.07) is 9.07. The number of aryl methyl sites for hydroxylation is 1. The zero-order valence-corrected chi connectivity index (χ0v) is 42.2. The number of benzene rings is 2. The van der Waals surface area contributed by atoms with Gasteiger partial charge in [-0.05, 0) is 104 Å². The fourth-order valence-corrected chi connectivity index (χ4v) is 9.24. The van der Waals surface area contributed by atoms with Gasteiger partial charge >= 0.3 is 12.0 Å². The minimum atomic E-state index is -1.05. The Balaban J connectivity index is 1.54. The molecule has 2 aromatic carbocycles. The van der Waals surface area contributed by atoms with E-state index in [9.17, 15) is 29.1 Å². The standard InChI is InChI=1S/C53H74N8O8/c1-12-20-54-44(36(6)68-11)32-47-43(33-53(8,9)34-69-37(7)62)42-31-39(18-19-46(42)60(47)14-3)40-27-38(28-41(63)30-40)29-45(51(66)61-24-16-15-21-55-61)56-50(65)49(35(4)5)57(10)52(67)59-23-17-22-58(25-26-59)48(64)13-2/h12-13,18-20,27-28,30-32,35-36,45,49,55,63H,1-2,14-17,21-26,29,33-34H2,3-11H3,(H,56,65)/b44-32+,54-20?. The van der Waals surface area contributed by atoms with Gasteiger partial charge in [0.05, 0.1) is 18.4 Å². The number of likely N-dealkylation sites (N-methyl/N-ethyl adjacent to an activating group) is 1. The molecule has 2 saturated heterocycles.